The standard InChI is InChI=1S/C13H18N2O5S/c1-20-13(17)6-8-21(18,19)7-5-12(16)15-11-4-2-3-10(14)9-11/h2-4,9H,5-8,14H2,1H3,(H,15,16). The molecular weight excluding hydrogens is 296 g/mol. The number of nitrogens with two attached hydrogens (primary N) is 1. The van der Waals surface area contributed by atoms with E-state index in [0.29, 0.717) is 11.4 Å². The Kier molecular flexibility index (Phi) is 6.16. The number of benzene rings is 1. The normalized spacial score (nSPS) is 10.9. The van der Waals surface area contributed by atoms with Crippen LogP contribution in [0.1, 0.15) is 12.8 Å². The maximum Gasteiger partial charge on any atom is 0.306 e. The first-order chi connectivity index (χ1) is 9.82. The minimum absolute atomic E-state index is 0.182. The first kappa shape index (κ1) is 17.0. The van der Waals surface area contributed by atoms with Crippen LogP contribution in [0.2, 0.25) is 0 Å². The lowest BCUT2D eigenvalue weighted by Crippen LogP contribution is -2.20. The summed E-state index contributed by atoms with van der Waals surface area (Å²) in [7, 11) is -2.28. The third-order valence-electron chi connectivity index (χ3n) is 2.66. The number of anilines is 2. The molecule has 0 unspecified atom stereocenters. The molecule has 21 heavy (non-hydrogen) atoms. The van der Waals surface area contributed by atoms with E-state index in [2.05, 4.69) is 10.1 Å². The van der Waals surface area contributed by atoms with Crippen LogP contribution in [0, 0.1) is 0 Å². The second-order valence-corrected chi connectivity index (χ2v) is 6.71. The summed E-state index contributed by atoms with van der Waals surface area (Å²) < 4.78 is 27.7. The number of rotatable bonds is 7. The van der Waals surface area contributed by atoms with Gasteiger partial charge in [0.05, 0.1) is 25.0 Å². The number of hydrogen-bond donors (Lipinski definition) is 2. The molecule has 1 aromatic carbocycles. The summed E-state index contributed by atoms with van der Waals surface area (Å²) in [6.45, 7) is 0. The molecule has 0 spiro atoms. The Morgan fingerprint density at radius 3 is 2.52 bits per heavy atom. The van der Waals surface area contributed by atoms with Crippen LogP contribution in [0.25, 0.3) is 0 Å². The fraction of sp³-hybridized carbons (Fsp3) is 0.385. The zero-order valence-electron chi connectivity index (χ0n) is 11.7. The minimum atomic E-state index is -3.47. The molecule has 7 nitrogen and oxygen atoms in total. The zero-order chi connectivity index (χ0) is 15.9. The molecule has 1 amide bonds. The molecule has 8 heteroatoms. The van der Waals surface area contributed by atoms with Gasteiger partial charge in [-0.2, -0.15) is 0 Å². The Bertz CT molecular complexity index is 613. The largest absolute Gasteiger partial charge is 0.469 e. The molecule has 0 aliphatic carbocycles. The van der Waals surface area contributed by atoms with Crippen molar-refractivity contribution in [2.75, 3.05) is 29.7 Å². The Morgan fingerprint density at radius 2 is 1.90 bits per heavy atom. The van der Waals surface area contributed by atoms with Crippen molar-refractivity contribution in [2.24, 2.45) is 0 Å². The van der Waals surface area contributed by atoms with Crippen molar-refractivity contribution in [3.05, 3.63) is 24.3 Å². The van der Waals surface area contributed by atoms with E-state index in [1.54, 1.807) is 24.3 Å². The third-order valence-corrected chi connectivity index (χ3v) is 4.31. The first-order valence-electron chi connectivity index (χ1n) is 6.25. The maximum absolute atomic E-state index is 11.7. The van der Waals surface area contributed by atoms with Gasteiger partial charge < -0.3 is 15.8 Å². The first-order valence-corrected chi connectivity index (χ1v) is 8.07. The molecule has 0 atom stereocenters. The topological polar surface area (TPSA) is 116 Å². The number of carbonyl (C=O) groups excluding carboxylic acids is 2. The molecule has 0 aliphatic heterocycles. The van der Waals surface area contributed by atoms with Crippen LogP contribution >= 0.6 is 0 Å². The summed E-state index contributed by atoms with van der Waals surface area (Å²) >= 11 is 0. The van der Waals surface area contributed by atoms with E-state index in [1.807, 2.05) is 0 Å². The van der Waals surface area contributed by atoms with Crippen LogP contribution in [0.15, 0.2) is 24.3 Å². The predicted molar refractivity (Wildman–Crippen MR) is 79.4 cm³/mol. The van der Waals surface area contributed by atoms with Crippen molar-refractivity contribution in [1.29, 1.82) is 0 Å². The number of esters is 1. The highest BCUT2D eigenvalue weighted by Crippen LogP contribution is 2.12. The summed E-state index contributed by atoms with van der Waals surface area (Å²) in [5.41, 5.74) is 6.57. The SMILES string of the molecule is COC(=O)CCS(=O)(=O)CCC(=O)Nc1cccc(N)c1. The van der Waals surface area contributed by atoms with Crippen LogP contribution in [0.3, 0.4) is 0 Å². The monoisotopic (exact) mass is 314 g/mol. The van der Waals surface area contributed by atoms with Crippen molar-refractivity contribution >= 4 is 33.1 Å². The number of carbonyl (C=O) groups is 2. The molecule has 0 aromatic heterocycles. The highest BCUT2D eigenvalue weighted by Gasteiger charge is 2.16. The molecule has 0 bridgehead atoms. The van der Waals surface area contributed by atoms with Gasteiger partial charge in [0.25, 0.3) is 0 Å². The summed E-state index contributed by atoms with van der Waals surface area (Å²) in [6.07, 6.45) is -0.395. The van der Waals surface area contributed by atoms with E-state index in [0.717, 1.165) is 0 Å². The van der Waals surface area contributed by atoms with Gasteiger partial charge in [-0.25, -0.2) is 8.42 Å². The fourth-order valence-electron chi connectivity index (χ4n) is 1.53. The number of sulfone groups is 1. The van der Waals surface area contributed by atoms with E-state index in [1.165, 1.54) is 7.11 Å². The molecule has 0 aliphatic rings. The Hall–Kier alpha value is -2.09. The summed E-state index contributed by atoms with van der Waals surface area (Å²) in [6, 6.07) is 6.58. The number of hydrogen-bond acceptors (Lipinski definition) is 6. The zero-order valence-corrected chi connectivity index (χ0v) is 12.5. The highest BCUT2D eigenvalue weighted by atomic mass is 32.2. The van der Waals surface area contributed by atoms with Gasteiger partial charge in [-0.3, -0.25) is 9.59 Å². The van der Waals surface area contributed by atoms with Crippen molar-refractivity contribution in [1.82, 2.24) is 0 Å². The molecule has 0 fully saturated rings. The second kappa shape index (κ2) is 7.63. The van der Waals surface area contributed by atoms with E-state index < -0.39 is 21.7 Å². The highest BCUT2D eigenvalue weighted by molar-refractivity contribution is 7.91. The van der Waals surface area contributed by atoms with E-state index in [-0.39, 0.29) is 24.3 Å². The lowest BCUT2D eigenvalue weighted by molar-refractivity contribution is -0.140. The van der Waals surface area contributed by atoms with Gasteiger partial charge in [0.1, 0.15) is 0 Å². The smallest absolute Gasteiger partial charge is 0.306 e. The average molecular weight is 314 g/mol. The Balaban J connectivity index is 2.43. The van der Waals surface area contributed by atoms with Crippen molar-refractivity contribution in [3.63, 3.8) is 0 Å². The van der Waals surface area contributed by atoms with Crippen molar-refractivity contribution < 1.29 is 22.7 Å². The molecule has 0 heterocycles. The quantitative estimate of drug-likeness (QED) is 0.561. The second-order valence-electron chi connectivity index (χ2n) is 4.40. The van der Waals surface area contributed by atoms with Crippen LogP contribution in [0.5, 0.6) is 0 Å². The van der Waals surface area contributed by atoms with Gasteiger partial charge >= 0.3 is 5.97 Å². The molecule has 0 saturated carbocycles. The summed E-state index contributed by atoms with van der Waals surface area (Å²) in [4.78, 5) is 22.5. The molecule has 1 rings (SSSR count). The fourth-order valence-corrected chi connectivity index (χ4v) is 2.71. The van der Waals surface area contributed by atoms with Crippen LogP contribution in [-0.4, -0.2) is 38.9 Å². The lowest BCUT2D eigenvalue weighted by atomic mass is 10.3. The lowest BCUT2D eigenvalue weighted by Gasteiger charge is -2.06. The number of amides is 1. The van der Waals surface area contributed by atoms with Gasteiger partial charge in [0.15, 0.2) is 9.84 Å². The van der Waals surface area contributed by atoms with Crippen LogP contribution < -0.4 is 11.1 Å². The van der Waals surface area contributed by atoms with Crippen molar-refractivity contribution in [3.8, 4) is 0 Å². The summed E-state index contributed by atoms with van der Waals surface area (Å²) in [5, 5.41) is 2.56. The number of nitrogen functional groups attached to an aromatic ring is 1. The third kappa shape index (κ3) is 6.75. The van der Waals surface area contributed by atoms with Gasteiger partial charge in [0, 0.05) is 17.8 Å². The van der Waals surface area contributed by atoms with Gasteiger partial charge in [-0.15, -0.1) is 0 Å². The molecule has 1 aromatic rings. The predicted octanol–water partition coefficient (Wildman–Crippen LogP) is 0.575. The van der Waals surface area contributed by atoms with E-state index in [9.17, 15) is 18.0 Å². The Morgan fingerprint density at radius 1 is 1.24 bits per heavy atom. The molecular formula is C13H18N2O5S. The number of methoxy groups -OCH3 is 1. The maximum atomic E-state index is 11.7. The van der Waals surface area contributed by atoms with E-state index >= 15 is 0 Å². The molecule has 116 valence electrons. The van der Waals surface area contributed by atoms with Crippen LogP contribution in [0.4, 0.5) is 11.4 Å². The number of nitrogens with one attached hydrogen (secondary N) is 1. The number of ether oxygens (including phenoxy) is 1. The average Bonchev–Trinajstić information content (AvgIpc) is 2.43. The molecule has 0 saturated heterocycles. The van der Waals surface area contributed by atoms with E-state index in [4.69, 9.17) is 5.73 Å². The van der Waals surface area contributed by atoms with Gasteiger partial charge in [0.2, 0.25) is 5.91 Å². The summed E-state index contributed by atoms with van der Waals surface area (Å²) in [5.74, 6) is -1.67. The molecule has 3 N–H and O–H groups in total. The Labute approximate surface area is 123 Å². The van der Waals surface area contributed by atoms with Gasteiger partial charge in [-0.1, -0.05) is 6.07 Å². The van der Waals surface area contributed by atoms with Gasteiger partial charge in [-0.05, 0) is 18.2 Å². The van der Waals surface area contributed by atoms with Crippen molar-refractivity contribution in [2.45, 2.75) is 12.8 Å². The van der Waals surface area contributed by atoms with Crippen LogP contribution in [-0.2, 0) is 24.2 Å². The minimum Gasteiger partial charge on any atom is -0.469 e. The molecule has 0 radical (unpaired) electrons.